The van der Waals surface area contributed by atoms with E-state index in [1.54, 1.807) is 0 Å². The largest absolute Gasteiger partial charge is 0.480 e. The number of rotatable bonds is 34. The number of nitrogens with one attached hydrogen (secondary N) is 1. The third-order valence-corrected chi connectivity index (χ3v) is 8.57. The van der Waals surface area contributed by atoms with Gasteiger partial charge in [0, 0.05) is 12.8 Å². The van der Waals surface area contributed by atoms with E-state index in [4.69, 9.17) is 13.8 Å². The molecular formula is C38H66NO10P. The van der Waals surface area contributed by atoms with E-state index in [0.29, 0.717) is 12.8 Å². The molecule has 0 aromatic carbocycles. The molecule has 4 N–H and O–H groups in total. The van der Waals surface area contributed by atoms with Crippen molar-refractivity contribution >= 4 is 25.7 Å². The number of aliphatic hydroxyl groups is 1. The number of aliphatic hydroxyl groups excluding tert-OH is 1. The fourth-order valence-electron chi connectivity index (χ4n) is 4.65. The van der Waals surface area contributed by atoms with Gasteiger partial charge in [-0.25, -0.2) is 9.36 Å². The number of carboxylic acid groups (broad SMARTS) is 1. The number of hydrogen-bond acceptors (Lipinski definition) is 8. The van der Waals surface area contributed by atoms with E-state index in [9.17, 15) is 34.1 Å². The van der Waals surface area contributed by atoms with Crippen LogP contribution < -0.4 is 5.32 Å². The van der Waals surface area contributed by atoms with Crippen LogP contribution in [0.3, 0.4) is 0 Å². The topological polar surface area (TPSA) is 169 Å². The molecule has 0 heterocycles. The number of carboxylic acids is 1. The van der Waals surface area contributed by atoms with Crippen LogP contribution >= 0.6 is 7.82 Å². The average molecular weight is 728 g/mol. The second-order valence-corrected chi connectivity index (χ2v) is 13.9. The summed E-state index contributed by atoms with van der Waals surface area (Å²) in [6.45, 7) is 2.43. The molecule has 0 aliphatic heterocycles. The maximum Gasteiger partial charge on any atom is 0.472 e. The van der Waals surface area contributed by atoms with E-state index in [1.165, 1.54) is 32.1 Å². The van der Waals surface area contributed by atoms with Crippen molar-refractivity contribution in [3.8, 4) is 0 Å². The van der Waals surface area contributed by atoms with Gasteiger partial charge in [0.1, 0.15) is 12.7 Å². The summed E-state index contributed by atoms with van der Waals surface area (Å²) in [5, 5.41) is 21.6. The van der Waals surface area contributed by atoms with Crippen LogP contribution in [0.1, 0.15) is 142 Å². The SMILES string of the molecule is CCCCC/C=C\C/C=C\C/C=C\C/C=C\CCCCCC(=O)OCC(O)COP(=O)(O)OCC(NC(=O)CCCCCCCCC)C(=O)O. The summed E-state index contributed by atoms with van der Waals surface area (Å²) >= 11 is 0. The first kappa shape index (κ1) is 47.4. The first-order chi connectivity index (χ1) is 24.1. The van der Waals surface area contributed by atoms with Crippen LogP contribution in [-0.2, 0) is 32.7 Å². The highest BCUT2D eigenvalue weighted by molar-refractivity contribution is 7.47. The van der Waals surface area contributed by atoms with Crippen molar-refractivity contribution in [3.05, 3.63) is 48.6 Å². The molecule has 0 saturated carbocycles. The van der Waals surface area contributed by atoms with Crippen molar-refractivity contribution in [2.24, 2.45) is 0 Å². The fraction of sp³-hybridized carbons (Fsp3) is 0.711. The summed E-state index contributed by atoms with van der Waals surface area (Å²) in [4.78, 5) is 45.4. The van der Waals surface area contributed by atoms with Crippen LogP contribution in [0.4, 0.5) is 0 Å². The molecular weight excluding hydrogens is 661 g/mol. The molecule has 0 saturated heterocycles. The minimum absolute atomic E-state index is 0.141. The molecule has 3 unspecified atom stereocenters. The van der Waals surface area contributed by atoms with Crippen molar-refractivity contribution < 1.29 is 47.8 Å². The number of carbonyl (C=O) groups excluding carboxylic acids is 2. The zero-order valence-electron chi connectivity index (χ0n) is 30.7. The Balaban J connectivity index is 3.98. The molecule has 50 heavy (non-hydrogen) atoms. The monoisotopic (exact) mass is 727 g/mol. The van der Waals surface area contributed by atoms with Gasteiger partial charge in [0.25, 0.3) is 0 Å². The highest BCUT2D eigenvalue weighted by Crippen LogP contribution is 2.43. The van der Waals surface area contributed by atoms with Gasteiger partial charge >= 0.3 is 19.8 Å². The van der Waals surface area contributed by atoms with Crippen LogP contribution in [0.15, 0.2) is 48.6 Å². The van der Waals surface area contributed by atoms with Crippen molar-refractivity contribution in [1.82, 2.24) is 5.32 Å². The van der Waals surface area contributed by atoms with Gasteiger partial charge in [-0.3, -0.25) is 18.6 Å². The zero-order chi connectivity index (χ0) is 37.1. The minimum Gasteiger partial charge on any atom is -0.480 e. The van der Waals surface area contributed by atoms with E-state index in [0.717, 1.165) is 70.6 Å². The Kier molecular flexibility index (Phi) is 31.9. The average Bonchev–Trinajstić information content (AvgIpc) is 3.08. The van der Waals surface area contributed by atoms with Crippen LogP contribution in [-0.4, -0.2) is 64.9 Å². The number of phosphoric ester groups is 1. The molecule has 1 amide bonds. The van der Waals surface area contributed by atoms with Crippen molar-refractivity contribution in [3.63, 3.8) is 0 Å². The highest BCUT2D eigenvalue weighted by Gasteiger charge is 2.28. The first-order valence-electron chi connectivity index (χ1n) is 18.7. The molecule has 0 aromatic heterocycles. The van der Waals surface area contributed by atoms with E-state index in [-0.39, 0.29) is 12.8 Å². The standard InChI is InChI=1S/C38H66NO10P/c1-3-5-7-9-11-12-13-14-15-16-17-18-19-20-21-22-24-26-28-30-37(42)47-31-34(40)32-48-50(45,46)49-33-35(38(43)44)39-36(41)29-27-25-23-10-8-6-4-2/h11-12,14-15,17-18,20-21,34-35,40H,3-10,13,16,19,22-33H2,1-2H3,(H,39,41)(H,43,44)(H,45,46)/b12-11-,15-14-,18-17-,21-20-. The lowest BCUT2D eigenvalue weighted by Gasteiger charge is -2.18. The van der Waals surface area contributed by atoms with Gasteiger partial charge in [0.15, 0.2) is 6.04 Å². The molecule has 0 spiro atoms. The summed E-state index contributed by atoms with van der Waals surface area (Å²) in [6, 6.07) is -1.55. The summed E-state index contributed by atoms with van der Waals surface area (Å²) in [5.41, 5.74) is 0. The first-order valence-corrected chi connectivity index (χ1v) is 20.2. The number of phosphoric acid groups is 1. The van der Waals surface area contributed by atoms with Crippen LogP contribution in [0.2, 0.25) is 0 Å². The van der Waals surface area contributed by atoms with Gasteiger partial charge in [-0.2, -0.15) is 0 Å². The maximum atomic E-state index is 12.2. The predicted molar refractivity (Wildman–Crippen MR) is 199 cm³/mol. The second kappa shape index (κ2) is 33.6. The van der Waals surface area contributed by atoms with Gasteiger partial charge < -0.3 is 25.2 Å². The molecule has 0 rings (SSSR count). The Morgan fingerprint density at radius 1 is 0.640 bits per heavy atom. The van der Waals surface area contributed by atoms with E-state index in [1.807, 2.05) is 0 Å². The lowest BCUT2D eigenvalue weighted by Crippen LogP contribution is -2.43. The highest BCUT2D eigenvalue weighted by atomic mass is 31.2. The van der Waals surface area contributed by atoms with E-state index < -0.39 is 57.6 Å². The Bertz CT molecular complexity index is 1040. The van der Waals surface area contributed by atoms with E-state index in [2.05, 4.69) is 67.8 Å². The molecule has 0 radical (unpaired) electrons. The quantitative estimate of drug-likeness (QED) is 0.0218. The predicted octanol–water partition coefficient (Wildman–Crippen LogP) is 8.66. The normalized spacial score (nSPS) is 14.5. The third kappa shape index (κ3) is 32.6. The molecule has 12 heteroatoms. The Morgan fingerprint density at radius 2 is 1.10 bits per heavy atom. The number of ether oxygens (including phenoxy) is 1. The molecule has 0 aliphatic carbocycles. The smallest absolute Gasteiger partial charge is 0.472 e. The minimum atomic E-state index is -4.75. The summed E-state index contributed by atoms with van der Waals surface area (Å²) in [7, 11) is -4.75. The molecule has 0 fully saturated rings. The van der Waals surface area contributed by atoms with Crippen LogP contribution in [0.5, 0.6) is 0 Å². The number of hydrogen-bond donors (Lipinski definition) is 4. The third-order valence-electron chi connectivity index (χ3n) is 7.62. The van der Waals surface area contributed by atoms with Gasteiger partial charge in [-0.15, -0.1) is 0 Å². The zero-order valence-corrected chi connectivity index (χ0v) is 31.6. The number of carbonyl (C=O) groups is 3. The molecule has 3 atom stereocenters. The van der Waals surface area contributed by atoms with Crippen molar-refractivity contribution in [1.29, 1.82) is 0 Å². The lowest BCUT2D eigenvalue weighted by atomic mass is 10.1. The number of esters is 1. The number of unbranched alkanes of at least 4 members (excludes halogenated alkanes) is 12. The molecule has 288 valence electrons. The molecule has 0 aromatic rings. The molecule has 11 nitrogen and oxygen atoms in total. The maximum absolute atomic E-state index is 12.2. The fourth-order valence-corrected chi connectivity index (χ4v) is 5.42. The molecule has 0 aliphatic rings. The lowest BCUT2D eigenvalue weighted by molar-refractivity contribution is -0.147. The number of aliphatic carboxylic acids is 1. The van der Waals surface area contributed by atoms with Crippen molar-refractivity contribution in [2.45, 2.75) is 154 Å². The number of allylic oxidation sites excluding steroid dienone is 8. The second-order valence-electron chi connectivity index (χ2n) is 12.4. The number of amides is 1. The van der Waals surface area contributed by atoms with Gasteiger partial charge in [-0.05, 0) is 57.8 Å². The summed E-state index contributed by atoms with van der Waals surface area (Å²) in [5.74, 6) is -2.42. The Labute approximate surface area is 301 Å². The van der Waals surface area contributed by atoms with Crippen LogP contribution in [0, 0.1) is 0 Å². The summed E-state index contributed by atoms with van der Waals surface area (Å²) < 4.78 is 26.6. The summed E-state index contributed by atoms with van der Waals surface area (Å²) in [6.07, 6.45) is 34.6. The van der Waals surface area contributed by atoms with Crippen LogP contribution in [0.25, 0.3) is 0 Å². The van der Waals surface area contributed by atoms with Gasteiger partial charge in [-0.1, -0.05) is 120 Å². The van der Waals surface area contributed by atoms with Gasteiger partial charge in [0.2, 0.25) is 5.91 Å². The molecule has 0 bridgehead atoms. The van der Waals surface area contributed by atoms with E-state index >= 15 is 0 Å². The van der Waals surface area contributed by atoms with Gasteiger partial charge in [0.05, 0.1) is 13.2 Å². The Morgan fingerprint density at radius 3 is 1.68 bits per heavy atom. The Hall–Kier alpha value is -2.56. The van der Waals surface area contributed by atoms with Crippen molar-refractivity contribution in [2.75, 3.05) is 19.8 Å².